The molecule has 25 heavy (non-hydrogen) atoms. The van der Waals surface area contributed by atoms with Crippen molar-refractivity contribution in [3.63, 3.8) is 0 Å². The summed E-state index contributed by atoms with van der Waals surface area (Å²) in [5.74, 6) is 1.70. The number of nitrogens with zero attached hydrogens (tertiary/aromatic N) is 2. The second kappa shape index (κ2) is 8.30. The summed E-state index contributed by atoms with van der Waals surface area (Å²) < 4.78 is 10.0. The molecule has 2 aliphatic rings. The Morgan fingerprint density at radius 2 is 1.60 bits per heavy atom. The monoisotopic (exact) mass is 337 g/mol. The molecule has 0 radical (unpaired) electrons. The van der Waals surface area contributed by atoms with Gasteiger partial charge in [0.2, 0.25) is 5.78 Å². The maximum absolute atomic E-state index is 9.97. The Morgan fingerprint density at radius 3 is 2.00 bits per heavy atom. The highest BCUT2D eigenvalue weighted by molar-refractivity contribution is 6.28. The van der Waals surface area contributed by atoms with Crippen LogP contribution >= 0.6 is 0 Å². The van der Waals surface area contributed by atoms with Gasteiger partial charge in [0, 0.05) is 0 Å². The summed E-state index contributed by atoms with van der Waals surface area (Å²) >= 11 is 0. The van der Waals surface area contributed by atoms with Crippen molar-refractivity contribution in [1.82, 2.24) is 5.16 Å². The Hall–Kier alpha value is -3.61. The van der Waals surface area contributed by atoms with E-state index in [0.29, 0.717) is 0 Å². The summed E-state index contributed by atoms with van der Waals surface area (Å²) in [6.45, 7) is 0.125. The maximum atomic E-state index is 9.97. The molecule has 0 amide bonds. The molecule has 7 heteroatoms. The van der Waals surface area contributed by atoms with Crippen molar-refractivity contribution in [2.24, 2.45) is 5.16 Å². The molecular weight excluding hydrogens is 322 g/mol. The lowest BCUT2D eigenvalue weighted by Crippen LogP contribution is -2.01. The minimum atomic E-state index is -0.0602. The van der Waals surface area contributed by atoms with E-state index in [1.165, 1.54) is 12.5 Å². The Bertz CT molecular complexity index is 742. The lowest BCUT2D eigenvalue weighted by atomic mass is 10.2. The molecule has 0 fully saturated rings. The van der Waals surface area contributed by atoms with Gasteiger partial charge in [0.25, 0.3) is 0 Å². The number of ether oxygens (including phenoxy) is 1. The van der Waals surface area contributed by atoms with Crippen molar-refractivity contribution in [2.45, 2.75) is 0 Å². The second-order valence-electron chi connectivity index (χ2n) is 4.88. The van der Waals surface area contributed by atoms with Crippen LogP contribution in [0.5, 0.6) is 11.5 Å². The van der Waals surface area contributed by atoms with Gasteiger partial charge in [-0.1, -0.05) is 34.6 Å². The molecule has 3 aromatic rings. The Kier molecular flexibility index (Phi) is 5.40. The molecule has 0 spiro atoms. The molecule has 7 nitrogen and oxygen atoms in total. The molecule has 0 aliphatic carbocycles. The highest BCUT2D eigenvalue weighted by atomic mass is 16.6. The van der Waals surface area contributed by atoms with Gasteiger partial charge in [-0.15, -0.1) is 0 Å². The number of aromatic nitrogens is 1. The SMILES string of the molecule is O=C1C=NOC1.c1ccc2c(c1)Nc1ccccc1O2.c1cnoc1. The Labute approximate surface area is 143 Å². The van der Waals surface area contributed by atoms with E-state index in [1.807, 2.05) is 48.5 Å². The highest BCUT2D eigenvalue weighted by Crippen LogP contribution is 2.40. The maximum Gasteiger partial charge on any atom is 0.217 e. The van der Waals surface area contributed by atoms with Crippen LogP contribution in [0.25, 0.3) is 0 Å². The number of oxime groups is 1. The summed E-state index contributed by atoms with van der Waals surface area (Å²) in [6, 6.07) is 17.6. The average molecular weight is 337 g/mol. The lowest BCUT2D eigenvalue weighted by Gasteiger charge is -2.20. The van der Waals surface area contributed by atoms with Crippen LogP contribution in [-0.4, -0.2) is 23.8 Å². The van der Waals surface area contributed by atoms with Crippen LogP contribution in [0.3, 0.4) is 0 Å². The first-order valence-corrected chi connectivity index (χ1v) is 7.48. The van der Waals surface area contributed by atoms with Gasteiger partial charge < -0.3 is 19.4 Å². The standard InChI is InChI=1S/C12H9NO.C3H3NO2.C3H3NO/c1-3-7-11-9(5-1)13-10-6-2-4-8-12(10)14-11;5-3-1-4-6-2-3;1-2-4-5-3-1/h1-8,13H;1H,2H2;1-3H. The normalized spacial score (nSPS) is 12.7. The van der Waals surface area contributed by atoms with Gasteiger partial charge >= 0.3 is 0 Å². The molecule has 0 bridgehead atoms. The summed E-state index contributed by atoms with van der Waals surface area (Å²) in [4.78, 5) is 14.2. The van der Waals surface area contributed by atoms with Crippen LogP contribution < -0.4 is 10.1 Å². The van der Waals surface area contributed by atoms with Crippen LogP contribution in [-0.2, 0) is 9.63 Å². The quantitative estimate of drug-likeness (QED) is 0.525. The van der Waals surface area contributed by atoms with E-state index in [2.05, 4.69) is 25.0 Å². The molecule has 0 saturated heterocycles. The minimum Gasteiger partial charge on any atom is -0.453 e. The summed E-state index contributed by atoms with van der Waals surface area (Å²) in [7, 11) is 0. The number of anilines is 2. The predicted octanol–water partition coefficient (Wildman–Crippen LogP) is 3.78. The number of benzene rings is 2. The van der Waals surface area contributed by atoms with E-state index < -0.39 is 0 Å². The number of hydrogen-bond donors (Lipinski definition) is 1. The predicted molar refractivity (Wildman–Crippen MR) is 92.2 cm³/mol. The number of para-hydroxylation sites is 4. The van der Waals surface area contributed by atoms with E-state index in [-0.39, 0.29) is 12.4 Å². The van der Waals surface area contributed by atoms with E-state index in [1.54, 1.807) is 12.3 Å². The second-order valence-corrected chi connectivity index (χ2v) is 4.88. The van der Waals surface area contributed by atoms with Gasteiger partial charge in [0.1, 0.15) is 12.5 Å². The third kappa shape index (κ3) is 4.68. The zero-order valence-corrected chi connectivity index (χ0v) is 13.2. The van der Waals surface area contributed by atoms with Gasteiger partial charge in [0.05, 0.1) is 17.6 Å². The number of nitrogens with one attached hydrogen (secondary N) is 1. The largest absolute Gasteiger partial charge is 0.453 e. The third-order valence-corrected chi connectivity index (χ3v) is 3.09. The molecule has 126 valence electrons. The zero-order valence-electron chi connectivity index (χ0n) is 13.2. The van der Waals surface area contributed by atoms with Crippen LogP contribution in [0.4, 0.5) is 11.4 Å². The van der Waals surface area contributed by atoms with Crippen molar-refractivity contribution in [2.75, 3.05) is 11.9 Å². The molecule has 0 saturated carbocycles. The van der Waals surface area contributed by atoms with E-state index >= 15 is 0 Å². The molecule has 3 heterocycles. The highest BCUT2D eigenvalue weighted by Gasteiger charge is 2.13. The minimum absolute atomic E-state index is 0.0602. The summed E-state index contributed by atoms with van der Waals surface area (Å²) in [6.07, 6.45) is 4.26. The van der Waals surface area contributed by atoms with Crippen molar-refractivity contribution in [3.05, 3.63) is 67.1 Å². The molecule has 5 rings (SSSR count). The van der Waals surface area contributed by atoms with Crippen LogP contribution in [0.15, 0.2) is 76.7 Å². The molecule has 1 N–H and O–H groups in total. The number of hydrogen-bond acceptors (Lipinski definition) is 7. The Morgan fingerprint density at radius 1 is 0.920 bits per heavy atom. The number of carbonyl (C=O) groups excluding carboxylic acids is 1. The molecule has 1 aromatic heterocycles. The van der Waals surface area contributed by atoms with Gasteiger partial charge in [-0.05, 0) is 30.3 Å². The van der Waals surface area contributed by atoms with Crippen LogP contribution in [0.1, 0.15) is 0 Å². The number of ketones is 1. The summed E-state index contributed by atoms with van der Waals surface area (Å²) in [5.41, 5.74) is 2.04. The van der Waals surface area contributed by atoms with Crippen LogP contribution in [0.2, 0.25) is 0 Å². The van der Waals surface area contributed by atoms with E-state index in [4.69, 9.17) is 4.74 Å². The number of rotatable bonds is 0. The molecular formula is C18H15N3O4. The fraction of sp³-hybridized carbons (Fsp3) is 0.0556. The van der Waals surface area contributed by atoms with Crippen LogP contribution in [0, 0.1) is 0 Å². The molecule has 2 aliphatic heterocycles. The lowest BCUT2D eigenvalue weighted by molar-refractivity contribution is -0.114. The van der Waals surface area contributed by atoms with Gasteiger partial charge in [-0.3, -0.25) is 4.79 Å². The first-order chi connectivity index (χ1) is 12.3. The van der Waals surface area contributed by atoms with Gasteiger partial charge in [-0.25, -0.2) is 0 Å². The average Bonchev–Trinajstić information content (AvgIpc) is 3.37. The molecule has 2 aromatic carbocycles. The van der Waals surface area contributed by atoms with Crippen molar-refractivity contribution >= 4 is 23.4 Å². The fourth-order valence-corrected chi connectivity index (χ4v) is 1.99. The molecule has 0 unspecified atom stereocenters. The van der Waals surface area contributed by atoms with Crippen molar-refractivity contribution in [1.29, 1.82) is 0 Å². The third-order valence-electron chi connectivity index (χ3n) is 3.09. The topological polar surface area (TPSA) is 86.0 Å². The van der Waals surface area contributed by atoms with Crippen molar-refractivity contribution in [3.8, 4) is 11.5 Å². The smallest absolute Gasteiger partial charge is 0.217 e. The first kappa shape index (κ1) is 16.3. The van der Waals surface area contributed by atoms with Crippen molar-refractivity contribution < 1.29 is 18.9 Å². The number of fused-ring (bicyclic) bond motifs is 2. The number of Topliss-reactive ketones (excluding diaryl/α,β-unsaturated/α-hetero) is 1. The zero-order chi connectivity index (χ0) is 17.3. The van der Waals surface area contributed by atoms with E-state index in [9.17, 15) is 4.79 Å². The number of carbonyl (C=O) groups is 1. The Balaban J connectivity index is 0.000000136. The first-order valence-electron chi connectivity index (χ1n) is 7.48. The summed E-state index contributed by atoms with van der Waals surface area (Å²) in [5, 5.41) is 9.85. The van der Waals surface area contributed by atoms with Gasteiger partial charge in [-0.2, -0.15) is 0 Å². The van der Waals surface area contributed by atoms with E-state index in [0.717, 1.165) is 22.9 Å². The molecule has 0 atom stereocenters. The van der Waals surface area contributed by atoms with Gasteiger partial charge in [0.15, 0.2) is 18.1 Å². The fourth-order valence-electron chi connectivity index (χ4n) is 1.99.